The largest absolute Gasteiger partial charge is 0.293 e. The van der Waals surface area contributed by atoms with Gasteiger partial charge in [0.05, 0.1) is 29.0 Å². The summed E-state index contributed by atoms with van der Waals surface area (Å²) in [6, 6.07) is 13.4. The molecule has 0 bridgehead atoms. The Bertz CT molecular complexity index is 1360. The predicted octanol–water partition coefficient (Wildman–Crippen LogP) is 4.07. The minimum Gasteiger partial charge on any atom is -0.265 e. The molecule has 30 heavy (non-hydrogen) atoms. The molecule has 0 spiro atoms. The highest BCUT2D eigenvalue weighted by molar-refractivity contribution is 6.30. The smallest absolute Gasteiger partial charge is 0.265 e. The SMILES string of the molecule is O=c1c2c(cnn2-c2cccc(Cl)c2)c(C2CC2)nn1Cc1cccc([N+](=O)[O-])c1. The zero-order chi connectivity index (χ0) is 20.8. The number of fused-ring (bicyclic) bond motifs is 1. The third kappa shape index (κ3) is 3.25. The number of hydrogen-bond acceptors (Lipinski definition) is 5. The van der Waals surface area contributed by atoms with Crippen molar-refractivity contribution in [1.82, 2.24) is 19.6 Å². The Balaban J connectivity index is 1.68. The van der Waals surface area contributed by atoms with Crippen LogP contribution in [0, 0.1) is 10.1 Å². The molecule has 0 atom stereocenters. The van der Waals surface area contributed by atoms with Crippen molar-refractivity contribution < 1.29 is 4.92 Å². The first kappa shape index (κ1) is 18.5. The van der Waals surface area contributed by atoms with Crippen LogP contribution in [0.4, 0.5) is 5.69 Å². The van der Waals surface area contributed by atoms with Gasteiger partial charge in [0.2, 0.25) is 0 Å². The molecule has 8 nitrogen and oxygen atoms in total. The van der Waals surface area contributed by atoms with Gasteiger partial charge in [0, 0.05) is 28.5 Å². The van der Waals surface area contributed by atoms with E-state index < -0.39 is 4.92 Å². The molecule has 150 valence electrons. The first-order valence-electron chi connectivity index (χ1n) is 9.49. The van der Waals surface area contributed by atoms with Crippen molar-refractivity contribution in [1.29, 1.82) is 0 Å². The van der Waals surface area contributed by atoms with Crippen LogP contribution in [0.15, 0.2) is 59.5 Å². The summed E-state index contributed by atoms with van der Waals surface area (Å²) in [6.45, 7) is 0.136. The Labute approximate surface area is 175 Å². The summed E-state index contributed by atoms with van der Waals surface area (Å²) in [5.41, 5.74) is 2.26. The zero-order valence-electron chi connectivity index (χ0n) is 15.7. The van der Waals surface area contributed by atoms with E-state index in [0.717, 1.165) is 23.9 Å². The fraction of sp³-hybridized carbons (Fsp3) is 0.190. The highest BCUT2D eigenvalue weighted by atomic mass is 35.5. The molecule has 4 aromatic rings. The number of hydrogen-bond donors (Lipinski definition) is 0. The maximum absolute atomic E-state index is 13.4. The van der Waals surface area contributed by atoms with E-state index in [1.807, 2.05) is 6.07 Å². The standard InChI is InChI=1S/C21H16ClN5O3/c22-15-4-2-5-16(10-15)26-20-18(11-23-26)19(14-7-8-14)24-25(21(20)28)12-13-3-1-6-17(9-13)27(29)30/h1-6,9-11,14H,7-8,12H2. The molecular weight excluding hydrogens is 406 g/mol. The molecule has 1 aliphatic rings. The van der Waals surface area contributed by atoms with Crippen molar-refractivity contribution in [2.24, 2.45) is 0 Å². The molecule has 0 unspecified atom stereocenters. The molecule has 0 N–H and O–H groups in total. The summed E-state index contributed by atoms with van der Waals surface area (Å²) in [6.07, 6.45) is 3.70. The lowest BCUT2D eigenvalue weighted by atomic mass is 10.2. The molecule has 0 amide bonds. The number of nitro benzene ring substituents is 1. The van der Waals surface area contributed by atoms with Gasteiger partial charge in [-0.2, -0.15) is 10.2 Å². The van der Waals surface area contributed by atoms with E-state index in [4.69, 9.17) is 11.6 Å². The van der Waals surface area contributed by atoms with Crippen LogP contribution in [0.25, 0.3) is 16.6 Å². The van der Waals surface area contributed by atoms with Crippen molar-refractivity contribution in [3.8, 4) is 5.69 Å². The highest BCUT2D eigenvalue weighted by Gasteiger charge is 2.30. The third-order valence-corrected chi connectivity index (χ3v) is 5.42. The summed E-state index contributed by atoms with van der Waals surface area (Å²) >= 11 is 6.13. The monoisotopic (exact) mass is 421 g/mol. The number of benzene rings is 2. The van der Waals surface area contributed by atoms with Gasteiger partial charge in [-0.3, -0.25) is 14.9 Å². The van der Waals surface area contributed by atoms with E-state index in [1.165, 1.54) is 16.8 Å². The summed E-state index contributed by atoms with van der Waals surface area (Å²) in [5, 5.41) is 21.4. The molecule has 0 radical (unpaired) electrons. The van der Waals surface area contributed by atoms with Crippen LogP contribution in [0.2, 0.25) is 5.02 Å². The van der Waals surface area contributed by atoms with Gasteiger partial charge in [-0.15, -0.1) is 0 Å². The van der Waals surface area contributed by atoms with Crippen LogP contribution in [0.3, 0.4) is 0 Å². The number of rotatable bonds is 5. The summed E-state index contributed by atoms with van der Waals surface area (Å²) in [4.78, 5) is 24.0. The van der Waals surface area contributed by atoms with E-state index >= 15 is 0 Å². The fourth-order valence-electron chi connectivity index (χ4n) is 3.60. The molecule has 0 saturated heterocycles. The van der Waals surface area contributed by atoms with Gasteiger partial charge >= 0.3 is 0 Å². The second kappa shape index (κ2) is 7.07. The van der Waals surface area contributed by atoms with Gasteiger partial charge < -0.3 is 0 Å². The lowest BCUT2D eigenvalue weighted by molar-refractivity contribution is -0.384. The maximum Gasteiger partial charge on any atom is 0.293 e. The number of halogens is 1. The maximum atomic E-state index is 13.4. The topological polar surface area (TPSA) is 95.8 Å². The van der Waals surface area contributed by atoms with Crippen LogP contribution in [-0.2, 0) is 6.54 Å². The Morgan fingerprint density at radius 1 is 1.17 bits per heavy atom. The number of aromatic nitrogens is 4. The second-order valence-electron chi connectivity index (χ2n) is 7.35. The van der Waals surface area contributed by atoms with E-state index in [1.54, 1.807) is 41.2 Å². The molecule has 0 aliphatic heterocycles. The molecule has 5 rings (SSSR count). The molecule has 1 saturated carbocycles. The van der Waals surface area contributed by atoms with Crippen molar-refractivity contribution >= 4 is 28.2 Å². The van der Waals surface area contributed by atoms with Crippen LogP contribution in [-0.4, -0.2) is 24.5 Å². The molecular formula is C21H16ClN5O3. The predicted molar refractivity (Wildman–Crippen MR) is 112 cm³/mol. The second-order valence-corrected chi connectivity index (χ2v) is 7.78. The van der Waals surface area contributed by atoms with E-state index in [9.17, 15) is 14.9 Å². The van der Waals surface area contributed by atoms with E-state index in [-0.39, 0.29) is 17.8 Å². The van der Waals surface area contributed by atoms with Crippen LogP contribution in [0.5, 0.6) is 0 Å². The average Bonchev–Trinajstić information content (AvgIpc) is 3.48. The van der Waals surface area contributed by atoms with Crippen LogP contribution < -0.4 is 5.56 Å². The van der Waals surface area contributed by atoms with E-state index in [0.29, 0.717) is 27.7 Å². The molecule has 9 heteroatoms. The van der Waals surface area contributed by atoms with Crippen molar-refractivity contribution in [2.45, 2.75) is 25.3 Å². The quantitative estimate of drug-likeness (QED) is 0.357. The zero-order valence-corrected chi connectivity index (χ0v) is 16.5. The lowest BCUT2D eigenvalue weighted by Gasteiger charge is -2.10. The van der Waals surface area contributed by atoms with E-state index in [2.05, 4.69) is 10.2 Å². The lowest BCUT2D eigenvalue weighted by Crippen LogP contribution is -2.26. The molecule has 2 aromatic carbocycles. The van der Waals surface area contributed by atoms with Gasteiger partial charge in [0.15, 0.2) is 0 Å². The third-order valence-electron chi connectivity index (χ3n) is 5.18. The minimum atomic E-state index is -0.452. The number of nitrogens with zero attached hydrogens (tertiary/aromatic N) is 5. The Morgan fingerprint density at radius 3 is 2.70 bits per heavy atom. The first-order chi connectivity index (χ1) is 14.5. The van der Waals surface area contributed by atoms with Crippen molar-refractivity contribution in [3.63, 3.8) is 0 Å². The van der Waals surface area contributed by atoms with Gasteiger partial charge in [0.25, 0.3) is 11.2 Å². The fourth-order valence-corrected chi connectivity index (χ4v) is 3.79. The molecule has 2 heterocycles. The number of non-ortho nitro benzene ring substituents is 1. The van der Waals surface area contributed by atoms with Gasteiger partial charge in [-0.05, 0) is 36.6 Å². The first-order valence-corrected chi connectivity index (χ1v) is 9.87. The summed E-state index contributed by atoms with van der Waals surface area (Å²) < 4.78 is 2.96. The molecule has 2 aromatic heterocycles. The highest BCUT2D eigenvalue weighted by Crippen LogP contribution is 2.41. The summed E-state index contributed by atoms with van der Waals surface area (Å²) in [7, 11) is 0. The van der Waals surface area contributed by atoms with Crippen molar-refractivity contribution in [3.05, 3.63) is 91.5 Å². The Hall–Kier alpha value is -3.52. The normalized spacial score (nSPS) is 13.6. The van der Waals surface area contributed by atoms with Gasteiger partial charge in [-0.25, -0.2) is 9.36 Å². The van der Waals surface area contributed by atoms with Gasteiger partial charge in [0.1, 0.15) is 5.52 Å². The van der Waals surface area contributed by atoms with Crippen LogP contribution >= 0.6 is 11.6 Å². The molecule has 1 fully saturated rings. The Morgan fingerprint density at radius 2 is 1.97 bits per heavy atom. The Kier molecular flexibility index (Phi) is 4.36. The minimum absolute atomic E-state index is 0.0204. The van der Waals surface area contributed by atoms with Gasteiger partial charge in [-0.1, -0.05) is 29.8 Å². The van der Waals surface area contributed by atoms with Crippen LogP contribution in [0.1, 0.15) is 30.0 Å². The summed E-state index contributed by atoms with van der Waals surface area (Å²) in [5.74, 6) is 0.293. The average molecular weight is 422 g/mol. The van der Waals surface area contributed by atoms with Crippen molar-refractivity contribution in [2.75, 3.05) is 0 Å². The number of nitro groups is 1. The molecule has 1 aliphatic carbocycles.